The van der Waals surface area contributed by atoms with Crippen LogP contribution in [0.2, 0.25) is 10.0 Å². The number of piperidine rings is 1. The third kappa shape index (κ3) is 6.19. The molecule has 1 N–H and O–H groups in total. The minimum atomic E-state index is -0.510. The maximum Gasteiger partial charge on any atom is 0.407 e. The van der Waals surface area contributed by atoms with Crippen LogP contribution in [0.4, 0.5) is 10.6 Å². The first-order chi connectivity index (χ1) is 16.2. The summed E-state index contributed by atoms with van der Waals surface area (Å²) in [5.41, 5.74) is 2.93. The van der Waals surface area contributed by atoms with Crippen LogP contribution in [0.25, 0.3) is 22.5 Å². The maximum atomic E-state index is 12.1. The molecular weight excluding hydrogens is 471 g/mol. The van der Waals surface area contributed by atoms with Gasteiger partial charge in [-0.1, -0.05) is 47.5 Å². The summed E-state index contributed by atoms with van der Waals surface area (Å²) < 4.78 is 5.38. The van der Waals surface area contributed by atoms with Crippen LogP contribution in [0, 0.1) is 0 Å². The van der Waals surface area contributed by atoms with Crippen LogP contribution < -0.4 is 10.2 Å². The van der Waals surface area contributed by atoms with Crippen molar-refractivity contribution in [1.29, 1.82) is 0 Å². The van der Waals surface area contributed by atoms with Crippen molar-refractivity contribution >= 4 is 35.1 Å². The lowest BCUT2D eigenvalue weighted by Gasteiger charge is -2.33. The molecule has 1 fully saturated rings. The average Bonchev–Trinajstić information content (AvgIpc) is 2.79. The molecule has 1 amide bonds. The average molecular weight is 499 g/mol. The second-order valence-corrected chi connectivity index (χ2v) is 10.2. The molecule has 3 aromatic rings. The highest BCUT2D eigenvalue weighted by atomic mass is 35.5. The van der Waals surface area contributed by atoms with Gasteiger partial charge in [0, 0.05) is 40.3 Å². The zero-order valence-corrected chi connectivity index (χ0v) is 21.0. The molecule has 34 heavy (non-hydrogen) atoms. The summed E-state index contributed by atoms with van der Waals surface area (Å²) in [6.07, 6.45) is 3.04. The predicted octanol–water partition coefficient (Wildman–Crippen LogP) is 6.61. The number of rotatable bonds is 4. The van der Waals surface area contributed by atoms with E-state index in [1.54, 1.807) is 0 Å². The number of amides is 1. The Labute approximate surface area is 210 Å². The van der Waals surface area contributed by atoms with Gasteiger partial charge in [-0.2, -0.15) is 0 Å². The van der Waals surface area contributed by atoms with E-state index in [9.17, 15) is 4.79 Å². The monoisotopic (exact) mass is 498 g/mol. The molecule has 0 unspecified atom stereocenters. The van der Waals surface area contributed by atoms with Gasteiger partial charge in [0.1, 0.15) is 11.4 Å². The number of halogens is 2. The largest absolute Gasteiger partial charge is 0.444 e. The smallest absolute Gasteiger partial charge is 0.407 e. The number of ether oxygens (including phenoxy) is 1. The number of alkyl carbamates (subject to hydrolysis) is 1. The molecular formula is C26H28Cl2N4O2. The zero-order valence-electron chi connectivity index (χ0n) is 19.5. The summed E-state index contributed by atoms with van der Waals surface area (Å²) >= 11 is 12.2. The van der Waals surface area contributed by atoms with E-state index in [0.717, 1.165) is 54.3 Å². The van der Waals surface area contributed by atoms with E-state index in [-0.39, 0.29) is 12.1 Å². The zero-order chi connectivity index (χ0) is 24.3. The molecule has 0 atom stereocenters. The highest BCUT2D eigenvalue weighted by molar-refractivity contribution is 6.31. The van der Waals surface area contributed by atoms with Crippen LogP contribution in [0.1, 0.15) is 33.6 Å². The number of anilines is 1. The van der Waals surface area contributed by atoms with Gasteiger partial charge in [0.05, 0.1) is 17.6 Å². The quantitative estimate of drug-likeness (QED) is 0.438. The Morgan fingerprint density at radius 1 is 0.941 bits per heavy atom. The lowest BCUT2D eigenvalue weighted by atomic mass is 10.0. The summed E-state index contributed by atoms with van der Waals surface area (Å²) in [6, 6.07) is 15.3. The van der Waals surface area contributed by atoms with Gasteiger partial charge in [0.2, 0.25) is 0 Å². The summed E-state index contributed by atoms with van der Waals surface area (Å²) in [5, 5.41) is 4.32. The standard InChI is InChI=1S/C26H28Cl2N4O2/c1-26(2,3)34-25(33)30-21-12-14-32(15-13-21)22-16-29-23(17-4-8-19(27)9-5-17)24(31-22)18-6-10-20(28)11-7-18/h4-11,16,21H,12-15H2,1-3H3,(H,30,33). The van der Waals surface area contributed by atoms with Gasteiger partial charge >= 0.3 is 6.09 Å². The third-order valence-electron chi connectivity index (χ3n) is 5.53. The van der Waals surface area contributed by atoms with Crippen molar-refractivity contribution < 1.29 is 9.53 Å². The first kappa shape index (κ1) is 24.3. The first-order valence-electron chi connectivity index (χ1n) is 11.3. The van der Waals surface area contributed by atoms with Crippen molar-refractivity contribution in [2.75, 3.05) is 18.0 Å². The van der Waals surface area contributed by atoms with Crippen LogP contribution in [-0.4, -0.2) is 40.8 Å². The van der Waals surface area contributed by atoms with Crippen LogP contribution in [0.3, 0.4) is 0 Å². The fourth-order valence-electron chi connectivity index (χ4n) is 3.89. The number of hydrogen-bond donors (Lipinski definition) is 1. The predicted molar refractivity (Wildman–Crippen MR) is 138 cm³/mol. The molecule has 0 spiro atoms. The van der Waals surface area contributed by atoms with E-state index < -0.39 is 5.60 Å². The Balaban J connectivity index is 1.54. The molecule has 0 saturated carbocycles. The van der Waals surface area contributed by atoms with E-state index in [1.807, 2.05) is 75.5 Å². The molecule has 2 aromatic carbocycles. The Bertz CT molecular complexity index is 1140. The minimum Gasteiger partial charge on any atom is -0.444 e. The molecule has 2 heterocycles. The Hall–Kier alpha value is -2.83. The Morgan fingerprint density at radius 3 is 2.00 bits per heavy atom. The highest BCUT2D eigenvalue weighted by Gasteiger charge is 2.25. The lowest BCUT2D eigenvalue weighted by Crippen LogP contribution is -2.46. The summed E-state index contributed by atoms with van der Waals surface area (Å²) in [5.74, 6) is 0.804. The highest BCUT2D eigenvalue weighted by Crippen LogP contribution is 2.32. The molecule has 8 heteroatoms. The molecule has 4 rings (SSSR count). The van der Waals surface area contributed by atoms with Gasteiger partial charge in [0.25, 0.3) is 0 Å². The van der Waals surface area contributed by atoms with Crippen LogP contribution >= 0.6 is 23.2 Å². The molecule has 0 radical (unpaired) electrons. The third-order valence-corrected chi connectivity index (χ3v) is 6.04. The molecule has 1 aromatic heterocycles. The van der Waals surface area contributed by atoms with Gasteiger partial charge in [-0.15, -0.1) is 0 Å². The van der Waals surface area contributed by atoms with E-state index in [4.69, 9.17) is 37.9 Å². The number of nitrogens with zero attached hydrogens (tertiary/aromatic N) is 3. The van der Waals surface area contributed by atoms with Crippen LogP contribution in [-0.2, 0) is 4.74 Å². The summed E-state index contributed by atoms with van der Waals surface area (Å²) in [7, 11) is 0. The molecule has 1 aliphatic rings. The maximum absolute atomic E-state index is 12.1. The second-order valence-electron chi connectivity index (χ2n) is 9.35. The topological polar surface area (TPSA) is 67.3 Å². The van der Waals surface area contributed by atoms with Crippen LogP contribution in [0.5, 0.6) is 0 Å². The van der Waals surface area contributed by atoms with Crippen molar-refractivity contribution in [2.24, 2.45) is 0 Å². The number of benzene rings is 2. The molecule has 1 aliphatic heterocycles. The number of hydrogen-bond acceptors (Lipinski definition) is 5. The normalized spacial score (nSPS) is 14.7. The Kier molecular flexibility index (Phi) is 7.29. The van der Waals surface area contributed by atoms with Crippen molar-refractivity contribution in [2.45, 2.75) is 45.3 Å². The number of carbonyl (C=O) groups is 1. The number of carbonyl (C=O) groups excluding carboxylic acids is 1. The van der Waals surface area contributed by atoms with Crippen molar-refractivity contribution in [3.63, 3.8) is 0 Å². The fraction of sp³-hybridized carbons (Fsp3) is 0.346. The summed E-state index contributed by atoms with van der Waals surface area (Å²) in [6.45, 7) is 7.10. The van der Waals surface area contributed by atoms with E-state index >= 15 is 0 Å². The minimum absolute atomic E-state index is 0.0723. The Morgan fingerprint density at radius 2 is 1.47 bits per heavy atom. The van der Waals surface area contributed by atoms with E-state index in [1.165, 1.54) is 0 Å². The number of nitrogens with one attached hydrogen (secondary N) is 1. The van der Waals surface area contributed by atoms with Gasteiger partial charge in [-0.3, -0.25) is 4.98 Å². The van der Waals surface area contributed by atoms with Gasteiger partial charge in [-0.05, 0) is 57.9 Å². The van der Waals surface area contributed by atoms with E-state index in [2.05, 4.69) is 10.2 Å². The van der Waals surface area contributed by atoms with Crippen molar-refractivity contribution in [3.8, 4) is 22.5 Å². The van der Waals surface area contributed by atoms with Crippen molar-refractivity contribution in [3.05, 3.63) is 64.8 Å². The molecule has 0 bridgehead atoms. The molecule has 6 nitrogen and oxygen atoms in total. The lowest BCUT2D eigenvalue weighted by molar-refractivity contribution is 0.0497. The van der Waals surface area contributed by atoms with Gasteiger partial charge < -0.3 is 15.0 Å². The fourth-order valence-corrected chi connectivity index (χ4v) is 4.14. The van der Waals surface area contributed by atoms with E-state index in [0.29, 0.717) is 10.0 Å². The molecule has 1 saturated heterocycles. The summed E-state index contributed by atoms with van der Waals surface area (Å²) in [4.78, 5) is 24.1. The van der Waals surface area contributed by atoms with Crippen LogP contribution in [0.15, 0.2) is 54.7 Å². The molecule has 0 aliphatic carbocycles. The van der Waals surface area contributed by atoms with Gasteiger partial charge in [0.15, 0.2) is 0 Å². The molecule has 178 valence electrons. The van der Waals surface area contributed by atoms with Crippen molar-refractivity contribution in [1.82, 2.24) is 15.3 Å². The first-order valence-corrected chi connectivity index (χ1v) is 12.1. The van der Waals surface area contributed by atoms with Gasteiger partial charge in [-0.25, -0.2) is 9.78 Å². The SMILES string of the molecule is CC(C)(C)OC(=O)NC1CCN(c2cnc(-c3ccc(Cl)cc3)c(-c3ccc(Cl)cc3)n2)CC1. The second kappa shape index (κ2) is 10.2. The number of aromatic nitrogens is 2.